The Hall–Kier alpha value is -0.880. The summed E-state index contributed by atoms with van der Waals surface area (Å²) in [4.78, 5) is 14.2. The quantitative estimate of drug-likeness (QED) is 0.829. The molecule has 5 nitrogen and oxygen atoms in total. The van der Waals surface area contributed by atoms with E-state index < -0.39 is 0 Å². The highest BCUT2D eigenvalue weighted by molar-refractivity contribution is 9.10. The fourth-order valence-corrected chi connectivity index (χ4v) is 2.27. The molecule has 0 unspecified atom stereocenters. The molecule has 0 spiro atoms. The fraction of sp³-hybridized carbons (Fsp3) is 0.692. The molecule has 1 amide bonds. The van der Waals surface area contributed by atoms with E-state index in [0.717, 1.165) is 29.8 Å². The van der Waals surface area contributed by atoms with Crippen molar-refractivity contribution < 1.29 is 4.79 Å². The lowest BCUT2D eigenvalue weighted by molar-refractivity contribution is -0.122. The molecule has 1 N–H and O–H groups in total. The van der Waals surface area contributed by atoms with Gasteiger partial charge in [-0.3, -0.25) is 9.48 Å². The first-order valence-corrected chi connectivity index (χ1v) is 7.46. The van der Waals surface area contributed by atoms with Gasteiger partial charge in [0.2, 0.25) is 5.91 Å². The van der Waals surface area contributed by atoms with Crippen LogP contribution in [0.1, 0.15) is 26.5 Å². The van der Waals surface area contributed by atoms with E-state index in [1.54, 1.807) is 4.68 Å². The van der Waals surface area contributed by atoms with E-state index >= 15 is 0 Å². The Kier molecular flexibility index (Phi) is 6.51. The number of carbonyl (C=O) groups excluding carboxylic acids is 1. The summed E-state index contributed by atoms with van der Waals surface area (Å²) in [6.45, 7) is 11.3. The van der Waals surface area contributed by atoms with Crippen LogP contribution in [-0.2, 0) is 11.3 Å². The van der Waals surface area contributed by atoms with Crippen LogP contribution < -0.4 is 5.32 Å². The van der Waals surface area contributed by atoms with Crippen molar-refractivity contribution in [2.45, 2.75) is 40.3 Å². The number of rotatable bonds is 7. The highest BCUT2D eigenvalue weighted by Gasteiger charge is 2.12. The van der Waals surface area contributed by atoms with Crippen LogP contribution in [0.2, 0.25) is 0 Å². The van der Waals surface area contributed by atoms with Gasteiger partial charge in [-0.05, 0) is 42.9 Å². The van der Waals surface area contributed by atoms with Crippen molar-refractivity contribution >= 4 is 21.8 Å². The number of nitrogens with one attached hydrogen (secondary N) is 1. The molecule has 19 heavy (non-hydrogen) atoms. The lowest BCUT2D eigenvalue weighted by Crippen LogP contribution is -2.43. The molecule has 0 saturated carbocycles. The molecule has 0 radical (unpaired) electrons. The lowest BCUT2D eigenvalue weighted by atomic mass is 10.3. The molecule has 1 aromatic heterocycles. The van der Waals surface area contributed by atoms with Gasteiger partial charge in [-0.2, -0.15) is 5.10 Å². The van der Waals surface area contributed by atoms with Crippen LogP contribution in [0.3, 0.4) is 0 Å². The van der Waals surface area contributed by atoms with Gasteiger partial charge in [0.05, 0.1) is 10.2 Å². The summed E-state index contributed by atoms with van der Waals surface area (Å²) in [7, 11) is 0. The van der Waals surface area contributed by atoms with Crippen molar-refractivity contribution in [2.75, 3.05) is 19.6 Å². The Balaban J connectivity index is 2.42. The topological polar surface area (TPSA) is 50.2 Å². The van der Waals surface area contributed by atoms with Gasteiger partial charge in [0.25, 0.3) is 0 Å². The Bertz CT molecular complexity index is 395. The average Bonchev–Trinajstić information content (AvgIpc) is 2.64. The second-order valence-corrected chi connectivity index (χ2v) is 5.57. The molecule has 6 heteroatoms. The molecule has 0 aromatic carbocycles. The van der Waals surface area contributed by atoms with Crippen molar-refractivity contribution in [3.8, 4) is 0 Å². The maximum Gasteiger partial charge on any atom is 0.241 e. The van der Waals surface area contributed by atoms with E-state index in [9.17, 15) is 4.79 Å². The molecular weight excluding hydrogens is 308 g/mol. The number of carbonyl (C=O) groups is 1. The SMILES string of the molecule is CCN(CC)C[C@@H](C)NC(=O)Cn1cc(Br)c(C)n1. The number of hydrogen-bond acceptors (Lipinski definition) is 3. The maximum atomic E-state index is 11.9. The smallest absolute Gasteiger partial charge is 0.241 e. The first-order valence-electron chi connectivity index (χ1n) is 6.67. The van der Waals surface area contributed by atoms with Gasteiger partial charge in [-0.1, -0.05) is 13.8 Å². The van der Waals surface area contributed by atoms with Crippen molar-refractivity contribution in [1.29, 1.82) is 0 Å². The second kappa shape index (κ2) is 7.65. The molecule has 0 bridgehead atoms. The van der Waals surface area contributed by atoms with Gasteiger partial charge >= 0.3 is 0 Å². The highest BCUT2D eigenvalue weighted by atomic mass is 79.9. The number of aromatic nitrogens is 2. The standard InChI is InChI=1S/C13H23BrN4O/c1-5-17(6-2)7-10(3)15-13(19)9-18-8-12(14)11(4)16-18/h8,10H,5-7,9H2,1-4H3,(H,15,19)/t10-/m1/s1. The zero-order valence-electron chi connectivity index (χ0n) is 12.1. The van der Waals surface area contributed by atoms with Gasteiger partial charge in [-0.25, -0.2) is 0 Å². The van der Waals surface area contributed by atoms with Crippen LogP contribution in [0.15, 0.2) is 10.7 Å². The Morgan fingerprint density at radius 2 is 2.16 bits per heavy atom. The number of aryl methyl sites for hydroxylation is 1. The number of nitrogens with zero attached hydrogens (tertiary/aromatic N) is 3. The summed E-state index contributed by atoms with van der Waals surface area (Å²) in [5.74, 6) is -0.00495. The minimum Gasteiger partial charge on any atom is -0.351 e. The second-order valence-electron chi connectivity index (χ2n) is 4.71. The number of amides is 1. The molecule has 1 aromatic rings. The monoisotopic (exact) mass is 330 g/mol. The Morgan fingerprint density at radius 3 is 2.63 bits per heavy atom. The van der Waals surface area contributed by atoms with Gasteiger partial charge in [0.15, 0.2) is 0 Å². The molecule has 0 aliphatic carbocycles. The molecule has 0 saturated heterocycles. The molecule has 108 valence electrons. The number of hydrogen-bond donors (Lipinski definition) is 1. The molecular formula is C13H23BrN4O. The van der Waals surface area contributed by atoms with E-state index in [2.05, 4.69) is 45.1 Å². The molecule has 1 rings (SSSR count). The van der Waals surface area contributed by atoms with Crippen molar-refractivity contribution in [3.63, 3.8) is 0 Å². The normalized spacial score (nSPS) is 12.7. The maximum absolute atomic E-state index is 11.9. The van der Waals surface area contributed by atoms with Gasteiger partial charge in [0.1, 0.15) is 6.54 Å². The van der Waals surface area contributed by atoms with E-state index in [1.807, 2.05) is 20.0 Å². The summed E-state index contributed by atoms with van der Waals surface area (Å²) in [6, 6.07) is 0.146. The van der Waals surface area contributed by atoms with Crippen LogP contribution >= 0.6 is 15.9 Å². The molecule has 1 heterocycles. The first-order chi connectivity index (χ1) is 8.96. The molecule has 0 aliphatic rings. The number of halogens is 1. The van der Waals surface area contributed by atoms with E-state index in [1.165, 1.54) is 0 Å². The third-order valence-corrected chi connectivity index (χ3v) is 3.80. The van der Waals surface area contributed by atoms with Gasteiger partial charge in [-0.15, -0.1) is 0 Å². The van der Waals surface area contributed by atoms with Crippen molar-refractivity contribution in [3.05, 3.63) is 16.4 Å². The summed E-state index contributed by atoms with van der Waals surface area (Å²) < 4.78 is 2.58. The largest absolute Gasteiger partial charge is 0.351 e. The Labute approximate surface area is 123 Å². The molecule has 0 fully saturated rings. The van der Waals surface area contributed by atoms with Crippen LogP contribution in [0.25, 0.3) is 0 Å². The third kappa shape index (κ3) is 5.32. The van der Waals surface area contributed by atoms with E-state index in [4.69, 9.17) is 0 Å². The van der Waals surface area contributed by atoms with Crippen molar-refractivity contribution in [1.82, 2.24) is 20.0 Å². The fourth-order valence-electron chi connectivity index (χ4n) is 1.96. The summed E-state index contributed by atoms with van der Waals surface area (Å²) in [5, 5.41) is 7.25. The minimum atomic E-state index is -0.00495. The van der Waals surface area contributed by atoms with Crippen molar-refractivity contribution in [2.24, 2.45) is 0 Å². The average molecular weight is 331 g/mol. The zero-order valence-corrected chi connectivity index (χ0v) is 13.7. The Morgan fingerprint density at radius 1 is 1.53 bits per heavy atom. The number of likely N-dealkylation sites (N-methyl/N-ethyl adjacent to an activating group) is 1. The minimum absolute atomic E-state index is 0.00495. The molecule has 1 atom stereocenters. The predicted octanol–water partition coefficient (Wildman–Crippen LogP) is 1.80. The van der Waals surface area contributed by atoms with Crippen LogP contribution in [0, 0.1) is 6.92 Å². The van der Waals surface area contributed by atoms with E-state index in [0.29, 0.717) is 0 Å². The van der Waals surface area contributed by atoms with Crippen LogP contribution in [0.4, 0.5) is 0 Å². The van der Waals surface area contributed by atoms with Crippen LogP contribution in [0.5, 0.6) is 0 Å². The van der Waals surface area contributed by atoms with Crippen LogP contribution in [-0.4, -0.2) is 46.3 Å². The molecule has 0 aliphatic heterocycles. The predicted molar refractivity (Wildman–Crippen MR) is 80.1 cm³/mol. The first kappa shape index (κ1) is 16.2. The van der Waals surface area contributed by atoms with Gasteiger partial charge in [0, 0.05) is 18.8 Å². The summed E-state index contributed by atoms with van der Waals surface area (Å²) in [5.41, 5.74) is 0.893. The summed E-state index contributed by atoms with van der Waals surface area (Å²) in [6.07, 6.45) is 1.82. The zero-order chi connectivity index (χ0) is 14.4. The highest BCUT2D eigenvalue weighted by Crippen LogP contribution is 2.12. The van der Waals surface area contributed by atoms with Gasteiger partial charge < -0.3 is 10.2 Å². The van der Waals surface area contributed by atoms with E-state index in [-0.39, 0.29) is 18.5 Å². The summed E-state index contributed by atoms with van der Waals surface area (Å²) >= 11 is 3.39. The lowest BCUT2D eigenvalue weighted by Gasteiger charge is -2.23. The third-order valence-electron chi connectivity index (χ3n) is 3.03.